The summed E-state index contributed by atoms with van der Waals surface area (Å²) in [6.45, 7) is 5.90. The molecule has 106 valence electrons. The van der Waals surface area contributed by atoms with E-state index in [1.54, 1.807) is 32.0 Å². The van der Waals surface area contributed by atoms with Gasteiger partial charge in [0.25, 0.3) is 5.91 Å². The second kappa shape index (κ2) is 7.36. The van der Waals surface area contributed by atoms with Gasteiger partial charge in [-0.1, -0.05) is 18.5 Å². The molecule has 0 bridgehead atoms. The van der Waals surface area contributed by atoms with Gasteiger partial charge in [-0.15, -0.1) is 0 Å². The number of hydrogen-bond donors (Lipinski definition) is 2. The standard InChI is InChI=1S/C14H20ClNO3/c1-4-7-16-14(18)10(3)19-13-6-5-11(15)8-12(13)9(2)17/h5-6,8-10,17H,4,7H2,1-3H3,(H,16,18). The molecule has 2 unspecified atom stereocenters. The summed E-state index contributed by atoms with van der Waals surface area (Å²) in [5.41, 5.74) is 0.572. The summed E-state index contributed by atoms with van der Waals surface area (Å²) in [5, 5.41) is 13.0. The number of halogens is 1. The van der Waals surface area contributed by atoms with Gasteiger partial charge in [0.2, 0.25) is 0 Å². The summed E-state index contributed by atoms with van der Waals surface area (Å²) >= 11 is 5.88. The Morgan fingerprint density at radius 2 is 2.16 bits per heavy atom. The smallest absolute Gasteiger partial charge is 0.260 e. The molecule has 2 N–H and O–H groups in total. The predicted molar refractivity (Wildman–Crippen MR) is 75.5 cm³/mol. The topological polar surface area (TPSA) is 58.6 Å². The predicted octanol–water partition coefficient (Wildman–Crippen LogP) is 2.69. The molecular weight excluding hydrogens is 266 g/mol. The van der Waals surface area contributed by atoms with E-state index in [1.807, 2.05) is 6.92 Å². The first-order valence-corrected chi connectivity index (χ1v) is 6.75. The number of carbonyl (C=O) groups excluding carboxylic acids is 1. The Bertz CT molecular complexity index is 435. The van der Waals surface area contributed by atoms with E-state index in [0.717, 1.165) is 6.42 Å². The van der Waals surface area contributed by atoms with Crippen LogP contribution >= 0.6 is 11.6 Å². The summed E-state index contributed by atoms with van der Waals surface area (Å²) in [7, 11) is 0. The highest BCUT2D eigenvalue weighted by Crippen LogP contribution is 2.29. The van der Waals surface area contributed by atoms with Gasteiger partial charge < -0.3 is 15.2 Å². The molecule has 4 nitrogen and oxygen atoms in total. The molecule has 0 fully saturated rings. The van der Waals surface area contributed by atoms with E-state index < -0.39 is 12.2 Å². The van der Waals surface area contributed by atoms with Crippen LogP contribution in [-0.4, -0.2) is 23.7 Å². The number of carbonyl (C=O) groups is 1. The van der Waals surface area contributed by atoms with Gasteiger partial charge >= 0.3 is 0 Å². The van der Waals surface area contributed by atoms with Crippen LogP contribution in [0.25, 0.3) is 0 Å². The van der Waals surface area contributed by atoms with Gasteiger partial charge in [0.1, 0.15) is 5.75 Å². The molecule has 1 amide bonds. The van der Waals surface area contributed by atoms with Crippen LogP contribution in [0, 0.1) is 0 Å². The highest BCUT2D eigenvalue weighted by molar-refractivity contribution is 6.30. The maximum atomic E-state index is 11.7. The van der Waals surface area contributed by atoms with Crippen molar-refractivity contribution in [3.8, 4) is 5.75 Å². The quantitative estimate of drug-likeness (QED) is 0.845. The Balaban J connectivity index is 2.78. The van der Waals surface area contributed by atoms with E-state index in [4.69, 9.17) is 16.3 Å². The van der Waals surface area contributed by atoms with Crippen LogP contribution in [-0.2, 0) is 4.79 Å². The van der Waals surface area contributed by atoms with Crippen molar-refractivity contribution in [2.45, 2.75) is 39.4 Å². The van der Waals surface area contributed by atoms with Gasteiger partial charge in [0.05, 0.1) is 6.10 Å². The van der Waals surface area contributed by atoms with Crippen LogP contribution in [0.5, 0.6) is 5.75 Å². The molecule has 1 rings (SSSR count). The lowest BCUT2D eigenvalue weighted by molar-refractivity contribution is -0.127. The van der Waals surface area contributed by atoms with E-state index in [2.05, 4.69) is 5.32 Å². The number of nitrogens with one attached hydrogen (secondary N) is 1. The second-order valence-corrected chi connectivity index (χ2v) is 4.85. The fourth-order valence-electron chi connectivity index (χ4n) is 1.59. The molecule has 0 aromatic heterocycles. The number of aliphatic hydroxyl groups excluding tert-OH is 1. The van der Waals surface area contributed by atoms with E-state index >= 15 is 0 Å². The SMILES string of the molecule is CCCNC(=O)C(C)Oc1ccc(Cl)cc1C(C)O. The van der Waals surface area contributed by atoms with Crippen molar-refractivity contribution in [2.24, 2.45) is 0 Å². The molecule has 19 heavy (non-hydrogen) atoms. The highest BCUT2D eigenvalue weighted by Gasteiger charge is 2.17. The summed E-state index contributed by atoms with van der Waals surface area (Å²) < 4.78 is 5.59. The van der Waals surface area contributed by atoms with Crippen LogP contribution in [0.3, 0.4) is 0 Å². The molecule has 0 radical (unpaired) electrons. The summed E-state index contributed by atoms with van der Waals surface area (Å²) in [4.78, 5) is 11.7. The maximum absolute atomic E-state index is 11.7. The van der Waals surface area contributed by atoms with Gasteiger partial charge in [-0.2, -0.15) is 0 Å². The van der Waals surface area contributed by atoms with Crippen molar-refractivity contribution in [1.82, 2.24) is 5.32 Å². The monoisotopic (exact) mass is 285 g/mol. The molecular formula is C14H20ClNO3. The Labute approximate surface area is 118 Å². The van der Waals surface area contributed by atoms with E-state index in [-0.39, 0.29) is 5.91 Å². The highest BCUT2D eigenvalue weighted by atomic mass is 35.5. The third kappa shape index (κ3) is 4.73. The average molecular weight is 286 g/mol. The fourth-order valence-corrected chi connectivity index (χ4v) is 1.77. The van der Waals surface area contributed by atoms with Crippen molar-refractivity contribution in [3.63, 3.8) is 0 Å². The fraction of sp³-hybridized carbons (Fsp3) is 0.500. The van der Waals surface area contributed by atoms with Gasteiger partial charge in [-0.3, -0.25) is 4.79 Å². The lowest BCUT2D eigenvalue weighted by Crippen LogP contribution is -2.36. The molecule has 1 aromatic carbocycles. The van der Waals surface area contributed by atoms with Crippen molar-refractivity contribution in [2.75, 3.05) is 6.54 Å². The van der Waals surface area contributed by atoms with Crippen LogP contribution in [0.15, 0.2) is 18.2 Å². The van der Waals surface area contributed by atoms with Gasteiger partial charge in [0.15, 0.2) is 6.10 Å². The minimum Gasteiger partial charge on any atom is -0.481 e. The number of aliphatic hydroxyl groups is 1. The maximum Gasteiger partial charge on any atom is 0.260 e. The van der Waals surface area contributed by atoms with Gasteiger partial charge in [-0.05, 0) is 38.5 Å². The first-order chi connectivity index (χ1) is 8.95. The summed E-state index contributed by atoms with van der Waals surface area (Å²) in [6, 6.07) is 4.96. The van der Waals surface area contributed by atoms with E-state index in [0.29, 0.717) is 22.9 Å². The molecule has 2 atom stereocenters. The first-order valence-electron chi connectivity index (χ1n) is 6.37. The third-order valence-electron chi connectivity index (χ3n) is 2.64. The minimum atomic E-state index is -0.709. The zero-order valence-electron chi connectivity index (χ0n) is 11.4. The number of rotatable bonds is 6. The zero-order valence-corrected chi connectivity index (χ0v) is 12.2. The van der Waals surface area contributed by atoms with Gasteiger partial charge in [-0.25, -0.2) is 0 Å². The summed E-state index contributed by atoms with van der Waals surface area (Å²) in [5.74, 6) is 0.298. The van der Waals surface area contributed by atoms with Crippen molar-refractivity contribution in [3.05, 3.63) is 28.8 Å². The molecule has 0 spiro atoms. The second-order valence-electron chi connectivity index (χ2n) is 4.41. The van der Waals surface area contributed by atoms with Crippen molar-refractivity contribution < 1.29 is 14.6 Å². The molecule has 0 saturated carbocycles. The average Bonchev–Trinajstić information content (AvgIpc) is 2.37. The molecule has 0 heterocycles. The van der Waals surface area contributed by atoms with Crippen LogP contribution in [0.1, 0.15) is 38.9 Å². The number of hydrogen-bond acceptors (Lipinski definition) is 3. The lowest BCUT2D eigenvalue weighted by atomic mass is 10.1. The number of benzene rings is 1. The lowest BCUT2D eigenvalue weighted by Gasteiger charge is -2.18. The van der Waals surface area contributed by atoms with Gasteiger partial charge in [0, 0.05) is 17.1 Å². The third-order valence-corrected chi connectivity index (χ3v) is 2.88. The molecule has 1 aromatic rings. The largest absolute Gasteiger partial charge is 0.481 e. The Hall–Kier alpha value is -1.26. The molecule has 5 heteroatoms. The molecule has 0 aliphatic rings. The molecule has 0 aliphatic heterocycles. The van der Waals surface area contributed by atoms with Crippen LogP contribution < -0.4 is 10.1 Å². The van der Waals surface area contributed by atoms with Crippen molar-refractivity contribution in [1.29, 1.82) is 0 Å². The van der Waals surface area contributed by atoms with Crippen molar-refractivity contribution >= 4 is 17.5 Å². The minimum absolute atomic E-state index is 0.173. The molecule has 0 saturated heterocycles. The summed E-state index contributed by atoms with van der Waals surface area (Å²) in [6.07, 6.45) is -0.456. The Morgan fingerprint density at radius 1 is 1.47 bits per heavy atom. The molecule has 0 aliphatic carbocycles. The van der Waals surface area contributed by atoms with E-state index in [9.17, 15) is 9.90 Å². The zero-order chi connectivity index (χ0) is 14.4. The first kappa shape index (κ1) is 15.8. The Morgan fingerprint density at radius 3 is 2.74 bits per heavy atom. The Kier molecular flexibility index (Phi) is 6.12. The van der Waals surface area contributed by atoms with E-state index in [1.165, 1.54) is 0 Å². The number of amides is 1. The number of ether oxygens (including phenoxy) is 1. The normalized spacial score (nSPS) is 13.7. The van der Waals surface area contributed by atoms with Crippen LogP contribution in [0.4, 0.5) is 0 Å². The van der Waals surface area contributed by atoms with Crippen LogP contribution in [0.2, 0.25) is 5.02 Å².